The number of likely N-dealkylation sites (N-methyl/N-ethyl adjacent to an activating group) is 1. The summed E-state index contributed by atoms with van der Waals surface area (Å²) in [6.45, 7) is 3.57. The first-order valence-corrected chi connectivity index (χ1v) is 9.07. The summed E-state index contributed by atoms with van der Waals surface area (Å²) in [6.07, 6.45) is -4.03. The molecule has 0 saturated heterocycles. The van der Waals surface area contributed by atoms with Gasteiger partial charge in [-0.1, -0.05) is 49.4 Å². The molecule has 0 fully saturated rings. The smallest absolute Gasteiger partial charge is 0.333 e. The van der Waals surface area contributed by atoms with E-state index in [1.807, 2.05) is 37.3 Å². The van der Waals surface area contributed by atoms with Gasteiger partial charge in [0, 0.05) is 6.54 Å². The van der Waals surface area contributed by atoms with Crippen molar-refractivity contribution in [2.75, 3.05) is 18.4 Å². The van der Waals surface area contributed by atoms with E-state index in [1.165, 1.54) is 23.1 Å². The molecule has 0 spiro atoms. The Balaban J connectivity index is 2.12. The molecule has 0 heterocycles. The lowest BCUT2D eigenvalue weighted by atomic mass is 9.95. The van der Waals surface area contributed by atoms with Crippen molar-refractivity contribution >= 4 is 17.5 Å². The first-order valence-electron chi connectivity index (χ1n) is 9.07. The SMILES string of the molecule is CCC(C(=O)N(CC)CC(=O)Nc1ccccc1C(F)(F)F)c1ccccc1. The maximum Gasteiger partial charge on any atom is 0.418 e. The molecule has 1 N–H and O–H groups in total. The van der Waals surface area contributed by atoms with Gasteiger partial charge in [-0.2, -0.15) is 13.2 Å². The standard InChI is InChI=1S/C21H23F3N2O2/c1-3-16(15-10-6-5-7-11-15)20(28)26(4-2)14-19(27)25-18-13-9-8-12-17(18)21(22,23)24/h5-13,16H,3-4,14H2,1-2H3,(H,25,27). The second-order valence-electron chi connectivity index (χ2n) is 6.32. The number of carbonyl (C=O) groups is 2. The van der Waals surface area contributed by atoms with Crippen LogP contribution in [0.25, 0.3) is 0 Å². The van der Waals surface area contributed by atoms with Crippen molar-refractivity contribution in [3.63, 3.8) is 0 Å². The quantitative estimate of drug-likeness (QED) is 0.743. The minimum Gasteiger partial charge on any atom is -0.333 e. The minimum atomic E-state index is -4.58. The molecule has 0 aliphatic rings. The van der Waals surface area contributed by atoms with E-state index < -0.39 is 23.6 Å². The second-order valence-corrected chi connectivity index (χ2v) is 6.32. The molecule has 150 valence electrons. The molecular weight excluding hydrogens is 369 g/mol. The topological polar surface area (TPSA) is 49.4 Å². The number of benzene rings is 2. The number of amides is 2. The summed E-state index contributed by atoms with van der Waals surface area (Å²) in [5.74, 6) is -1.30. The van der Waals surface area contributed by atoms with E-state index in [4.69, 9.17) is 0 Å². The summed E-state index contributed by atoms with van der Waals surface area (Å²) in [6, 6.07) is 14.0. The normalized spacial score (nSPS) is 12.3. The third-order valence-electron chi connectivity index (χ3n) is 4.44. The Morgan fingerprint density at radius 1 is 1.00 bits per heavy atom. The summed E-state index contributed by atoms with van der Waals surface area (Å²) >= 11 is 0. The molecule has 0 aliphatic carbocycles. The third-order valence-corrected chi connectivity index (χ3v) is 4.44. The van der Waals surface area contributed by atoms with Crippen LogP contribution in [0.1, 0.15) is 37.3 Å². The van der Waals surface area contributed by atoms with Crippen LogP contribution in [-0.4, -0.2) is 29.8 Å². The molecule has 2 aromatic rings. The lowest BCUT2D eigenvalue weighted by Crippen LogP contribution is -2.40. The van der Waals surface area contributed by atoms with E-state index in [1.54, 1.807) is 6.92 Å². The van der Waals surface area contributed by atoms with Crippen molar-refractivity contribution in [3.8, 4) is 0 Å². The summed E-state index contributed by atoms with van der Waals surface area (Å²) in [5, 5.41) is 2.28. The van der Waals surface area contributed by atoms with E-state index in [-0.39, 0.29) is 24.7 Å². The Hall–Kier alpha value is -2.83. The highest BCUT2D eigenvalue weighted by Gasteiger charge is 2.34. The average molecular weight is 392 g/mol. The molecule has 0 aliphatic heterocycles. The molecule has 0 radical (unpaired) electrons. The van der Waals surface area contributed by atoms with Gasteiger partial charge in [0.05, 0.1) is 23.7 Å². The molecular formula is C21H23F3N2O2. The number of alkyl halides is 3. The van der Waals surface area contributed by atoms with Gasteiger partial charge < -0.3 is 10.2 Å². The number of hydrogen-bond acceptors (Lipinski definition) is 2. The predicted octanol–water partition coefficient (Wildman–Crippen LogP) is 4.69. The van der Waals surface area contributed by atoms with E-state index in [0.29, 0.717) is 6.42 Å². The van der Waals surface area contributed by atoms with Crippen LogP contribution in [0.15, 0.2) is 54.6 Å². The number of rotatable bonds is 7. The Labute approximate surface area is 162 Å². The fourth-order valence-corrected chi connectivity index (χ4v) is 3.01. The summed E-state index contributed by atoms with van der Waals surface area (Å²) in [7, 11) is 0. The molecule has 2 aromatic carbocycles. The number of para-hydroxylation sites is 1. The van der Waals surface area contributed by atoms with E-state index in [9.17, 15) is 22.8 Å². The van der Waals surface area contributed by atoms with Crippen LogP contribution in [0.2, 0.25) is 0 Å². The van der Waals surface area contributed by atoms with Crippen LogP contribution >= 0.6 is 0 Å². The number of nitrogens with zero attached hydrogens (tertiary/aromatic N) is 1. The second kappa shape index (κ2) is 9.39. The van der Waals surface area contributed by atoms with Crippen LogP contribution in [0.3, 0.4) is 0 Å². The molecule has 7 heteroatoms. The predicted molar refractivity (Wildman–Crippen MR) is 102 cm³/mol. The monoisotopic (exact) mass is 392 g/mol. The van der Waals surface area contributed by atoms with Crippen LogP contribution in [0.4, 0.5) is 18.9 Å². The highest BCUT2D eigenvalue weighted by Crippen LogP contribution is 2.34. The highest BCUT2D eigenvalue weighted by molar-refractivity contribution is 5.96. The Kier molecular flexibility index (Phi) is 7.20. The third kappa shape index (κ3) is 5.34. The number of halogens is 3. The molecule has 1 unspecified atom stereocenters. The van der Waals surface area contributed by atoms with Crippen LogP contribution in [-0.2, 0) is 15.8 Å². The number of anilines is 1. The van der Waals surface area contributed by atoms with Crippen LogP contribution in [0.5, 0.6) is 0 Å². The fourth-order valence-electron chi connectivity index (χ4n) is 3.01. The van der Waals surface area contributed by atoms with Crippen molar-refractivity contribution in [1.82, 2.24) is 4.90 Å². The molecule has 28 heavy (non-hydrogen) atoms. The molecule has 2 rings (SSSR count). The van der Waals surface area contributed by atoms with Crippen LogP contribution in [0, 0.1) is 0 Å². The first-order chi connectivity index (χ1) is 13.3. The van der Waals surface area contributed by atoms with Gasteiger partial charge >= 0.3 is 6.18 Å². The Morgan fingerprint density at radius 3 is 2.18 bits per heavy atom. The van der Waals surface area contributed by atoms with Crippen LogP contribution < -0.4 is 5.32 Å². The van der Waals surface area contributed by atoms with E-state index in [0.717, 1.165) is 11.6 Å². The summed E-state index contributed by atoms with van der Waals surface area (Å²) in [4.78, 5) is 26.6. The maximum absolute atomic E-state index is 13.1. The van der Waals surface area contributed by atoms with Gasteiger partial charge in [-0.3, -0.25) is 9.59 Å². The minimum absolute atomic E-state index is 0.226. The molecule has 1 atom stereocenters. The van der Waals surface area contributed by atoms with Gasteiger partial charge in [0.25, 0.3) is 0 Å². The van der Waals surface area contributed by atoms with Crippen molar-refractivity contribution in [2.45, 2.75) is 32.4 Å². The number of hydrogen-bond donors (Lipinski definition) is 1. The Morgan fingerprint density at radius 2 is 1.61 bits per heavy atom. The maximum atomic E-state index is 13.1. The van der Waals surface area contributed by atoms with Crippen molar-refractivity contribution < 1.29 is 22.8 Å². The van der Waals surface area contributed by atoms with Crippen molar-refractivity contribution in [3.05, 3.63) is 65.7 Å². The van der Waals surface area contributed by atoms with Crippen molar-refractivity contribution in [1.29, 1.82) is 0 Å². The number of carbonyl (C=O) groups excluding carboxylic acids is 2. The highest BCUT2D eigenvalue weighted by atomic mass is 19.4. The zero-order valence-electron chi connectivity index (χ0n) is 15.8. The zero-order chi connectivity index (χ0) is 20.7. The average Bonchev–Trinajstić information content (AvgIpc) is 2.67. The van der Waals surface area contributed by atoms with E-state index in [2.05, 4.69) is 5.32 Å². The first kappa shape index (κ1) is 21.5. The Bertz CT molecular complexity index is 807. The van der Waals surface area contributed by atoms with Gasteiger partial charge in [-0.25, -0.2) is 0 Å². The number of nitrogens with one attached hydrogen (secondary N) is 1. The van der Waals surface area contributed by atoms with Gasteiger partial charge in [-0.05, 0) is 31.0 Å². The molecule has 4 nitrogen and oxygen atoms in total. The molecule has 2 amide bonds. The molecule has 0 aromatic heterocycles. The van der Waals surface area contributed by atoms with Gasteiger partial charge in [0.1, 0.15) is 0 Å². The van der Waals surface area contributed by atoms with Gasteiger partial charge in [-0.15, -0.1) is 0 Å². The molecule has 0 saturated carbocycles. The largest absolute Gasteiger partial charge is 0.418 e. The lowest BCUT2D eigenvalue weighted by Gasteiger charge is -2.26. The zero-order valence-corrected chi connectivity index (χ0v) is 15.8. The van der Waals surface area contributed by atoms with Gasteiger partial charge in [0.2, 0.25) is 11.8 Å². The lowest BCUT2D eigenvalue weighted by molar-refractivity contribution is -0.137. The van der Waals surface area contributed by atoms with Crippen molar-refractivity contribution in [2.24, 2.45) is 0 Å². The molecule has 0 bridgehead atoms. The fraction of sp³-hybridized carbons (Fsp3) is 0.333. The van der Waals surface area contributed by atoms with Gasteiger partial charge in [0.15, 0.2) is 0 Å². The van der Waals surface area contributed by atoms with E-state index >= 15 is 0 Å². The summed E-state index contributed by atoms with van der Waals surface area (Å²) < 4.78 is 39.2. The summed E-state index contributed by atoms with van der Waals surface area (Å²) in [5.41, 5.74) is -0.400.